The van der Waals surface area contributed by atoms with Crippen molar-refractivity contribution in [2.24, 2.45) is 0 Å². The Balaban J connectivity index is 1.58. The van der Waals surface area contributed by atoms with Crippen LogP contribution in [-0.4, -0.2) is 105 Å². The number of epoxide rings is 1. The van der Waals surface area contributed by atoms with E-state index in [1.54, 1.807) is 13.8 Å². The Hall–Kier alpha value is -2.86. The van der Waals surface area contributed by atoms with Crippen molar-refractivity contribution in [3.63, 3.8) is 0 Å². The van der Waals surface area contributed by atoms with Gasteiger partial charge in [0.2, 0.25) is 17.7 Å². The number of hydrogen-bond donors (Lipinski definition) is 3. The van der Waals surface area contributed by atoms with Gasteiger partial charge in [-0.15, -0.1) is 0 Å². The van der Waals surface area contributed by atoms with Crippen molar-refractivity contribution in [1.29, 1.82) is 0 Å². The highest BCUT2D eigenvalue weighted by atomic mass is 16.6. The second-order valence-electron chi connectivity index (χ2n) is 9.33. The zero-order valence-electron chi connectivity index (χ0n) is 21.1. The van der Waals surface area contributed by atoms with E-state index >= 15 is 0 Å². The molecule has 3 N–H and O–H groups in total. The van der Waals surface area contributed by atoms with Crippen molar-refractivity contribution >= 4 is 23.5 Å². The van der Waals surface area contributed by atoms with E-state index in [4.69, 9.17) is 14.2 Å². The summed E-state index contributed by atoms with van der Waals surface area (Å²) in [5.41, 5.74) is -0.0456. The summed E-state index contributed by atoms with van der Waals surface area (Å²) in [6.07, 6.45) is 0.284. The van der Waals surface area contributed by atoms with Gasteiger partial charge in [0.25, 0.3) is 0 Å². The molecule has 11 heteroatoms. The maximum absolute atomic E-state index is 13.1. The monoisotopic (exact) mass is 504 g/mol. The van der Waals surface area contributed by atoms with Crippen LogP contribution in [0.5, 0.6) is 0 Å². The second-order valence-corrected chi connectivity index (χ2v) is 9.33. The van der Waals surface area contributed by atoms with E-state index in [1.807, 2.05) is 35.2 Å². The average molecular weight is 505 g/mol. The lowest BCUT2D eigenvalue weighted by molar-refractivity contribution is -0.135. The van der Waals surface area contributed by atoms with Crippen LogP contribution in [0.3, 0.4) is 0 Å². The third-order valence-corrected chi connectivity index (χ3v) is 6.22. The molecule has 2 aliphatic rings. The lowest BCUT2D eigenvalue weighted by Crippen LogP contribution is -2.58. The second kappa shape index (κ2) is 12.9. The third-order valence-electron chi connectivity index (χ3n) is 6.22. The summed E-state index contributed by atoms with van der Waals surface area (Å²) in [5, 5.41) is 8.05. The molecule has 0 radical (unpaired) electrons. The number of carbonyl (C=O) groups is 4. The molecule has 2 saturated heterocycles. The molecule has 11 nitrogen and oxygen atoms in total. The molecule has 1 aromatic rings. The van der Waals surface area contributed by atoms with Crippen molar-refractivity contribution in [1.82, 2.24) is 20.9 Å². The van der Waals surface area contributed by atoms with Gasteiger partial charge in [0.1, 0.15) is 17.7 Å². The van der Waals surface area contributed by atoms with Gasteiger partial charge in [0.05, 0.1) is 39.0 Å². The highest BCUT2D eigenvalue weighted by molar-refractivity contribution is 5.98. The Labute approximate surface area is 211 Å². The lowest BCUT2D eigenvalue weighted by atomic mass is 9.94. The number of carbonyl (C=O) groups excluding carboxylic acids is 4. The molecular weight excluding hydrogens is 468 g/mol. The number of nitrogens with zero attached hydrogens (tertiary/aromatic N) is 1. The fraction of sp³-hybridized carbons (Fsp3) is 0.600. The number of amides is 3. The summed E-state index contributed by atoms with van der Waals surface area (Å²) in [6, 6.07) is 6.57. The molecular formula is C25H36N4O7. The molecule has 4 atom stereocenters. The third kappa shape index (κ3) is 8.09. The molecule has 3 amide bonds. The number of hydrogen-bond acceptors (Lipinski definition) is 8. The molecule has 2 aliphatic heterocycles. The number of benzene rings is 1. The first kappa shape index (κ1) is 27.7. The minimum absolute atomic E-state index is 0.105. The summed E-state index contributed by atoms with van der Waals surface area (Å²) in [4.78, 5) is 53.2. The fourth-order valence-corrected chi connectivity index (χ4v) is 3.91. The molecule has 2 heterocycles. The Bertz CT molecular complexity index is 916. The molecule has 1 aromatic carbocycles. The molecule has 0 aromatic heterocycles. The van der Waals surface area contributed by atoms with Crippen LogP contribution in [-0.2, 0) is 39.8 Å². The molecule has 0 aliphatic carbocycles. The van der Waals surface area contributed by atoms with Gasteiger partial charge in [-0.3, -0.25) is 24.1 Å². The number of methoxy groups -OCH3 is 1. The summed E-state index contributed by atoms with van der Waals surface area (Å²) in [6.45, 7) is 6.02. The van der Waals surface area contributed by atoms with Crippen molar-refractivity contribution in [3.05, 3.63) is 35.9 Å². The van der Waals surface area contributed by atoms with Crippen LogP contribution in [0.2, 0.25) is 0 Å². The first-order valence-electron chi connectivity index (χ1n) is 12.1. The van der Waals surface area contributed by atoms with Crippen molar-refractivity contribution < 1.29 is 33.4 Å². The number of nitrogens with one attached hydrogen (secondary N) is 3. The predicted octanol–water partition coefficient (Wildman–Crippen LogP) is -0.960. The highest BCUT2D eigenvalue weighted by Gasteiger charge is 2.50. The summed E-state index contributed by atoms with van der Waals surface area (Å²) in [5.74, 6) is -1.62. The van der Waals surface area contributed by atoms with Gasteiger partial charge in [0, 0.05) is 20.2 Å². The molecule has 0 spiro atoms. The maximum Gasteiger partial charge on any atom is 0.245 e. The molecule has 0 saturated carbocycles. The smallest absolute Gasteiger partial charge is 0.245 e. The molecule has 0 bridgehead atoms. The number of ketones is 1. The summed E-state index contributed by atoms with van der Waals surface area (Å²) < 4.78 is 15.7. The minimum atomic E-state index is -1.06. The zero-order valence-corrected chi connectivity index (χ0v) is 21.1. The Morgan fingerprint density at radius 2 is 1.67 bits per heavy atom. The van der Waals surface area contributed by atoms with Crippen molar-refractivity contribution in [2.75, 3.05) is 53.2 Å². The molecule has 198 valence electrons. The van der Waals surface area contributed by atoms with Crippen LogP contribution in [0.4, 0.5) is 0 Å². The average Bonchev–Trinajstić information content (AvgIpc) is 3.62. The zero-order chi connectivity index (χ0) is 26.1. The van der Waals surface area contributed by atoms with Crippen LogP contribution in [0.1, 0.15) is 19.4 Å². The SMILES string of the molecule is COC[C@H](NC(=O)C(C)NC(=O)CN1CCOCC1)C(=O)N[C@@H](Cc1ccccc1)C(=O)[C@@]1(C)CO1. The van der Waals surface area contributed by atoms with Crippen molar-refractivity contribution in [2.45, 2.75) is 44.0 Å². The van der Waals surface area contributed by atoms with Crippen LogP contribution in [0, 0.1) is 0 Å². The molecule has 36 heavy (non-hydrogen) atoms. The predicted molar refractivity (Wildman–Crippen MR) is 130 cm³/mol. The van der Waals surface area contributed by atoms with E-state index in [2.05, 4.69) is 16.0 Å². The fourth-order valence-electron chi connectivity index (χ4n) is 3.91. The van der Waals surface area contributed by atoms with Gasteiger partial charge in [-0.2, -0.15) is 0 Å². The van der Waals surface area contributed by atoms with E-state index in [0.717, 1.165) is 5.56 Å². The quantitative estimate of drug-likeness (QED) is 0.292. The maximum atomic E-state index is 13.1. The van der Waals surface area contributed by atoms with E-state index in [-0.39, 0.29) is 31.3 Å². The standard InChI is InChI=1S/C25H36N4O7/c1-17(26-21(30)14-29-9-11-35-12-10-29)23(32)28-20(15-34-3)24(33)27-19(22(31)25(2)16-36-25)13-18-7-5-4-6-8-18/h4-8,17,19-20H,9-16H2,1-3H3,(H,26,30)(H,27,33)(H,28,32)/t17?,19-,20-,25+/m0/s1. The Morgan fingerprint density at radius 3 is 2.28 bits per heavy atom. The molecule has 2 fully saturated rings. The first-order chi connectivity index (χ1) is 17.2. The van der Waals surface area contributed by atoms with Crippen LogP contribution < -0.4 is 16.0 Å². The summed E-state index contributed by atoms with van der Waals surface area (Å²) in [7, 11) is 1.41. The van der Waals surface area contributed by atoms with Crippen LogP contribution >= 0.6 is 0 Å². The van der Waals surface area contributed by atoms with Gasteiger partial charge in [-0.25, -0.2) is 0 Å². The van der Waals surface area contributed by atoms with E-state index < -0.39 is 35.5 Å². The number of Topliss-reactive ketones (excluding diaryl/α,β-unsaturated/α-hetero) is 1. The van der Waals surface area contributed by atoms with E-state index in [0.29, 0.717) is 32.9 Å². The number of ether oxygens (including phenoxy) is 3. The van der Waals surface area contributed by atoms with Gasteiger partial charge in [-0.05, 0) is 25.8 Å². The molecule has 3 rings (SSSR count). The van der Waals surface area contributed by atoms with Gasteiger partial charge < -0.3 is 30.2 Å². The van der Waals surface area contributed by atoms with Gasteiger partial charge in [0.15, 0.2) is 5.78 Å². The minimum Gasteiger partial charge on any atom is -0.382 e. The Kier molecular flexibility index (Phi) is 9.94. The van der Waals surface area contributed by atoms with Crippen LogP contribution in [0.15, 0.2) is 30.3 Å². The normalized spacial score (nSPS) is 22.1. The van der Waals surface area contributed by atoms with Crippen LogP contribution in [0.25, 0.3) is 0 Å². The van der Waals surface area contributed by atoms with Gasteiger partial charge in [-0.1, -0.05) is 30.3 Å². The van der Waals surface area contributed by atoms with E-state index in [9.17, 15) is 19.2 Å². The molecule has 1 unspecified atom stereocenters. The lowest BCUT2D eigenvalue weighted by Gasteiger charge is -2.27. The summed E-state index contributed by atoms with van der Waals surface area (Å²) >= 11 is 0. The highest BCUT2D eigenvalue weighted by Crippen LogP contribution is 2.29. The van der Waals surface area contributed by atoms with E-state index in [1.165, 1.54) is 7.11 Å². The largest absolute Gasteiger partial charge is 0.382 e. The first-order valence-corrected chi connectivity index (χ1v) is 12.1. The topological polar surface area (TPSA) is 139 Å². The Morgan fingerprint density at radius 1 is 1.03 bits per heavy atom. The number of rotatable bonds is 13. The number of morpholine rings is 1. The van der Waals surface area contributed by atoms with Gasteiger partial charge >= 0.3 is 0 Å². The van der Waals surface area contributed by atoms with Crippen molar-refractivity contribution in [3.8, 4) is 0 Å².